The second-order valence-electron chi connectivity index (χ2n) is 4.74. The number of sulfone groups is 1. The van der Waals surface area contributed by atoms with Crippen LogP contribution in [0.4, 0.5) is 5.69 Å². The van der Waals surface area contributed by atoms with Gasteiger partial charge in [0.2, 0.25) is 5.91 Å². The van der Waals surface area contributed by atoms with E-state index in [2.05, 4.69) is 21.2 Å². The van der Waals surface area contributed by atoms with Crippen LogP contribution < -0.4 is 14.8 Å². The fraction of sp³-hybridized carbons (Fsp3) is 0.267. The molecule has 2 aromatic rings. The van der Waals surface area contributed by atoms with Gasteiger partial charge in [-0.2, -0.15) is 0 Å². The van der Waals surface area contributed by atoms with E-state index in [-0.39, 0.29) is 16.4 Å². The first kappa shape index (κ1) is 18.8. The van der Waals surface area contributed by atoms with Crippen LogP contribution in [0.25, 0.3) is 0 Å². The van der Waals surface area contributed by atoms with Crippen LogP contribution in [0.15, 0.2) is 38.3 Å². The lowest BCUT2D eigenvalue weighted by Gasteiger charge is -2.11. The highest BCUT2D eigenvalue weighted by atomic mass is 79.9. The predicted molar refractivity (Wildman–Crippen MR) is 96.9 cm³/mol. The Morgan fingerprint density at radius 1 is 1.21 bits per heavy atom. The molecule has 2 rings (SSSR count). The summed E-state index contributed by atoms with van der Waals surface area (Å²) in [6.07, 6.45) is -0.155. The molecule has 0 aliphatic rings. The molecule has 0 spiro atoms. The summed E-state index contributed by atoms with van der Waals surface area (Å²) in [7, 11) is -0.488. The van der Waals surface area contributed by atoms with Gasteiger partial charge in [0.15, 0.2) is 9.84 Å². The molecule has 9 heteroatoms. The monoisotopic (exact) mass is 433 g/mol. The summed E-state index contributed by atoms with van der Waals surface area (Å²) in [4.78, 5) is 12.1. The largest absolute Gasteiger partial charge is 0.497 e. The third-order valence-corrected chi connectivity index (χ3v) is 7.05. The average Bonchev–Trinajstić information content (AvgIpc) is 3.00. The van der Waals surface area contributed by atoms with Crippen molar-refractivity contribution in [2.75, 3.05) is 25.3 Å². The fourth-order valence-electron chi connectivity index (χ4n) is 1.92. The highest BCUT2D eigenvalue weighted by Gasteiger charge is 2.19. The van der Waals surface area contributed by atoms with E-state index in [4.69, 9.17) is 9.47 Å². The van der Waals surface area contributed by atoms with Crippen molar-refractivity contribution in [3.05, 3.63) is 34.1 Å². The molecule has 0 aliphatic heterocycles. The molecule has 1 aromatic heterocycles. The van der Waals surface area contributed by atoms with Gasteiger partial charge in [-0.05, 0) is 40.2 Å². The standard InChI is InChI=1S/C15H16BrNO5S2/c1-21-10-3-4-12(22-2)11(9-10)17-14(18)7-8-24(19,20)15-6-5-13(16)23-15/h3-6,9H,7-8H2,1-2H3,(H,17,18). The molecule has 0 bridgehead atoms. The van der Waals surface area contributed by atoms with Gasteiger partial charge >= 0.3 is 0 Å². The number of nitrogens with one attached hydrogen (secondary N) is 1. The van der Waals surface area contributed by atoms with Crippen LogP contribution in [0, 0.1) is 0 Å². The van der Waals surface area contributed by atoms with Gasteiger partial charge in [0.25, 0.3) is 0 Å². The molecular weight excluding hydrogens is 418 g/mol. The number of methoxy groups -OCH3 is 2. The molecule has 24 heavy (non-hydrogen) atoms. The maximum absolute atomic E-state index is 12.2. The first-order valence-electron chi connectivity index (χ1n) is 6.85. The van der Waals surface area contributed by atoms with E-state index in [0.717, 1.165) is 15.1 Å². The number of carbonyl (C=O) groups is 1. The van der Waals surface area contributed by atoms with E-state index in [9.17, 15) is 13.2 Å². The van der Waals surface area contributed by atoms with Crippen molar-refractivity contribution in [2.24, 2.45) is 0 Å². The summed E-state index contributed by atoms with van der Waals surface area (Å²) in [6, 6.07) is 8.16. The maximum atomic E-state index is 12.2. The number of thiophene rings is 1. The number of anilines is 1. The Bertz CT molecular complexity index is 832. The van der Waals surface area contributed by atoms with E-state index in [1.165, 1.54) is 20.3 Å². The highest BCUT2D eigenvalue weighted by molar-refractivity contribution is 9.11. The number of hydrogen-bond donors (Lipinski definition) is 1. The Morgan fingerprint density at radius 2 is 1.96 bits per heavy atom. The molecule has 0 fully saturated rings. The molecule has 0 unspecified atom stereocenters. The quantitative estimate of drug-likeness (QED) is 0.723. The summed E-state index contributed by atoms with van der Waals surface area (Å²) >= 11 is 4.35. The van der Waals surface area contributed by atoms with Crippen molar-refractivity contribution in [3.8, 4) is 11.5 Å². The molecule has 1 aromatic carbocycles. The number of benzene rings is 1. The number of hydrogen-bond acceptors (Lipinski definition) is 6. The van der Waals surface area contributed by atoms with Crippen LogP contribution in [0.1, 0.15) is 6.42 Å². The molecule has 1 amide bonds. The minimum atomic E-state index is -3.48. The van der Waals surface area contributed by atoms with Crippen LogP contribution in [0.3, 0.4) is 0 Å². The Labute approximate surface area is 152 Å². The molecule has 1 N–H and O–H groups in total. The van der Waals surface area contributed by atoms with E-state index in [1.54, 1.807) is 24.3 Å². The lowest BCUT2D eigenvalue weighted by molar-refractivity contribution is -0.115. The van der Waals surface area contributed by atoms with Gasteiger partial charge in [0, 0.05) is 12.5 Å². The molecular formula is C15H16BrNO5S2. The van der Waals surface area contributed by atoms with E-state index >= 15 is 0 Å². The van der Waals surface area contributed by atoms with Crippen LogP contribution in [-0.4, -0.2) is 34.3 Å². The van der Waals surface area contributed by atoms with Crippen molar-refractivity contribution in [3.63, 3.8) is 0 Å². The second-order valence-corrected chi connectivity index (χ2v) is 9.54. The van der Waals surface area contributed by atoms with Crippen molar-refractivity contribution in [1.29, 1.82) is 0 Å². The minimum Gasteiger partial charge on any atom is -0.497 e. The molecule has 0 saturated heterocycles. The maximum Gasteiger partial charge on any atom is 0.225 e. The van der Waals surface area contributed by atoms with Crippen molar-refractivity contribution in [1.82, 2.24) is 0 Å². The molecule has 0 radical (unpaired) electrons. The van der Waals surface area contributed by atoms with Gasteiger partial charge in [-0.1, -0.05) is 0 Å². The summed E-state index contributed by atoms with van der Waals surface area (Å²) in [5.41, 5.74) is 0.429. The van der Waals surface area contributed by atoms with E-state index in [0.29, 0.717) is 17.2 Å². The second kappa shape index (κ2) is 8.00. The van der Waals surface area contributed by atoms with Crippen molar-refractivity contribution in [2.45, 2.75) is 10.6 Å². The highest BCUT2D eigenvalue weighted by Crippen LogP contribution is 2.29. The fourth-order valence-corrected chi connectivity index (χ4v) is 5.32. The summed E-state index contributed by atoms with van der Waals surface area (Å²) < 4.78 is 35.6. The Balaban J connectivity index is 2.03. The van der Waals surface area contributed by atoms with Gasteiger partial charge in [0.05, 0.1) is 29.4 Å². The van der Waals surface area contributed by atoms with Crippen molar-refractivity contribution < 1.29 is 22.7 Å². The average molecular weight is 434 g/mol. The number of carbonyl (C=O) groups excluding carboxylic acids is 1. The van der Waals surface area contributed by atoms with Gasteiger partial charge in [-0.25, -0.2) is 8.42 Å². The third-order valence-electron chi connectivity index (χ3n) is 3.13. The number of halogens is 1. The molecule has 130 valence electrons. The zero-order chi connectivity index (χ0) is 17.7. The zero-order valence-corrected chi connectivity index (χ0v) is 16.3. The molecule has 0 saturated carbocycles. The lowest BCUT2D eigenvalue weighted by atomic mass is 10.2. The topological polar surface area (TPSA) is 81.7 Å². The summed E-state index contributed by atoms with van der Waals surface area (Å²) in [5.74, 6) is 0.343. The normalized spacial score (nSPS) is 11.1. The van der Waals surface area contributed by atoms with Gasteiger partial charge < -0.3 is 14.8 Å². The first-order chi connectivity index (χ1) is 11.4. The molecule has 0 aliphatic carbocycles. The van der Waals surface area contributed by atoms with Crippen LogP contribution in [0.2, 0.25) is 0 Å². The summed E-state index contributed by atoms with van der Waals surface area (Å²) in [6.45, 7) is 0. The first-order valence-corrected chi connectivity index (χ1v) is 10.1. The Morgan fingerprint density at radius 3 is 2.54 bits per heavy atom. The third kappa shape index (κ3) is 4.71. The number of amides is 1. The van der Waals surface area contributed by atoms with Crippen LogP contribution in [-0.2, 0) is 14.6 Å². The SMILES string of the molecule is COc1ccc(OC)c(NC(=O)CCS(=O)(=O)c2ccc(Br)s2)c1. The van der Waals surface area contributed by atoms with Gasteiger partial charge in [0.1, 0.15) is 15.7 Å². The van der Waals surface area contributed by atoms with Crippen molar-refractivity contribution >= 4 is 48.7 Å². The van der Waals surface area contributed by atoms with Crippen LogP contribution >= 0.6 is 27.3 Å². The lowest BCUT2D eigenvalue weighted by Crippen LogP contribution is -2.17. The Hall–Kier alpha value is -1.58. The molecule has 1 heterocycles. The van der Waals surface area contributed by atoms with E-state index in [1.807, 2.05) is 0 Å². The molecule has 0 atom stereocenters. The smallest absolute Gasteiger partial charge is 0.225 e. The van der Waals surface area contributed by atoms with E-state index < -0.39 is 15.7 Å². The van der Waals surface area contributed by atoms with Gasteiger partial charge in [-0.15, -0.1) is 11.3 Å². The predicted octanol–water partition coefficient (Wildman–Crippen LogP) is 3.33. The zero-order valence-electron chi connectivity index (χ0n) is 13.0. The molecule has 6 nitrogen and oxygen atoms in total. The summed E-state index contributed by atoms with van der Waals surface area (Å²) in [5, 5.41) is 2.65. The van der Waals surface area contributed by atoms with Crippen LogP contribution in [0.5, 0.6) is 11.5 Å². The minimum absolute atomic E-state index is 0.155. The number of ether oxygens (including phenoxy) is 2. The number of rotatable bonds is 7. The Kier molecular flexibility index (Phi) is 6.25. The van der Waals surface area contributed by atoms with Gasteiger partial charge in [-0.3, -0.25) is 4.79 Å².